The number of carbonyl (C=O) groups excluding carboxylic acids is 2. The number of allylic oxidation sites excluding steroid dienone is 8. The van der Waals surface area contributed by atoms with Gasteiger partial charge in [-0.1, -0.05) is 152 Å². The Labute approximate surface area is 330 Å². The number of phosphoric acid groups is 1. The van der Waals surface area contributed by atoms with Gasteiger partial charge in [0, 0.05) is 12.8 Å². The average molecular weight is 782 g/mol. The van der Waals surface area contributed by atoms with Gasteiger partial charge in [0.15, 0.2) is 11.9 Å². The highest BCUT2D eigenvalue weighted by Gasteiger charge is 2.30. The Morgan fingerprint density at radius 1 is 0.648 bits per heavy atom. The summed E-state index contributed by atoms with van der Waals surface area (Å²) >= 11 is 0. The molecule has 0 rings (SSSR count). The summed E-state index contributed by atoms with van der Waals surface area (Å²) in [6.07, 6.45) is 39.6. The van der Waals surface area contributed by atoms with E-state index in [2.05, 4.69) is 56.4 Å². The number of nitrogens with zero attached hydrogens (tertiary/aromatic N) is 1. The minimum atomic E-state index is -4.93. The van der Waals surface area contributed by atoms with Crippen molar-refractivity contribution < 1.29 is 42.4 Å². The molecule has 0 aliphatic carbocycles. The number of quaternary nitrogens is 1. The summed E-state index contributed by atoms with van der Waals surface area (Å²) in [6, 6.07) is 0. The third-order valence-electron chi connectivity index (χ3n) is 8.99. The first-order valence-corrected chi connectivity index (χ1v) is 22.8. The summed E-state index contributed by atoms with van der Waals surface area (Å²) in [5.74, 6) is -0.823. The van der Waals surface area contributed by atoms with E-state index in [1.54, 1.807) is 0 Å². The molecule has 0 aliphatic rings. The van der Waals surface area contributed by atoms with E-state index in [9.17, 15) is 24.2 Å². The van der Waals surface area contributed by atoms with Crippen LogP contribution in [0.4, 0.5) is 0 Å². The molecule has 0 aromatic heterocycles. The highest BCUT2D eigenvalue weighted by atomic mass is 31.2. The normalized spacial score (nSPS) is 14.8. The van der Waals surface area contributed by atoms with Crippen molar-refractivity contribution >= 4 is 19.6 Å². The second-order valence-electron chi connectivity index (χ2n) is 15.5. The van der Waals surface area contributed by atoms with Gasteiger partial charge in [0.05, 0.1) is 34.4 Å². The topological polar surface area (TPSA) is 122 Å². The first kappa shape index (κ1) is 52.1. The Bertz CT molecular complexity index is 1080. The number of rotatable bonds is 38. The zero-order valence-electron chi connectivity index (χ0n) is 35.1. The lowest BCUT2D eigenvalue weighted by molar-refractivity contribution is -0.872. The van der Waals surface area contributed by atoms with Crippen LogP contribution in [0.5, 0.6) is 0 Å². The van der Waals surface area contributed by atoms with E-state index in [-0.39, 0.29) is 25.2 Å². The molecule has 0 heterocycles. The maximum Gasteiger partial charge on any atom is 0.306 e. The molecule has 0 radical (unpaired) electrons. The third kappa shape index (κ3) is 35.8. The summed E-state index contributed by atoms with van der Waals surface area (Å²) in [5, 5.41) is 9.69. The molecule has 0 aromatic rings. The van der Waals surface area contributed by atoms with Crippen molar-refractivity contribution in [1.82, 2.24) is 0 Å². The van der Waals surface area contributed by atoms with E-state index < -0.39 is 39.2 Å². The molecule has 1 N–H and O–H groups in total. The molecule has 0 bridgehead atoms. The van der Waals surface area contributed by atoms with E-state index in [0.29, 0.717) is 23.7 Å². The first-order chi connectivity index (χ1) is 25.9. The van der Waals surface area contributed by atoms with E-state index in [1.807, 2.05) is 27.2 Å². The van der Waals surface area contributed by atoms with Crippen LogP contribution in [0.2, 0.25) is 0 Å². The summed E-state index contributed by atoms with van der Waals surface area (Å²) in [6.45, 7) is 3.42. The Hall–Kier alpha value is -1.87. The number of carbonyl (C=O) groups is 2. The number of Topliss-reactive ketones (excluding diaryl/α,β-unsaturated/α-hetero) is 1. The number of ketones is 1. The zero-order valence-corrected chi connectivity index (χ0v) is 36.0. The number of ether oxygens (including phenoxy) is 1. The lowest BCUT2D eigenvalue weighted by Gasteiger charge is -2.32. The summed E-state index contributed by atoms with van der Waals surface area (Å²) in [4.78, 5) is 38.1. The number of aliphatic hydroxyl groups is 1. The highest BCUT2D eigenvalue weighted by Crippen LogP contribution is 2.41. The number of unbranched alkanes of at least 4 members (excludes halogenated alkanes) is 16. The van der Waals surface area contributed by atoms with E-state index in [0.717, 1.165) is 38.5 Å². The predicted molar refractivity (Wildman–Crippen MR) is 222 cm³/mol. The lowest BCUT2D eigenvalue weighted by Crippen LogP contribution is -2.45. The predicted octanol–water partition coefficient (Wildman–Crippen LogP) is 10.7. The van der Waals surface area contributed by atoms with Gasteiger partial charge in [-0.2, -0.15) is 0 Å². The molecule has 54 heavy (non-hydrogen) atoms. The smallest absolute Gasteiger partial charge is 0.306 e. The van der Waals surface area contributed by atoms with Gasteiger partial charge in [-0.15, -0.1) is 0 Å². The quantitative estimate of drug-likeness (QED) is 0.0216. The molecule has 0 aromatic carbocycles. The summed E-state index contributed by atoms with van der Waals surface area (Å²) in [7, 11) is 0.639. The number of hydrogen-bond acceptors (Lipinski definition) is 8. The van der Waals surface area contributed by atoms with Crippen LogP contribution in [0.3, 0.4) is 0 Å². The molecule has 10 heteroatoms. The molecule has 0 saturated carbocycles. The monoisotopic (exact) mass is 782 g/mol. The maximum absolute atomic E-state index is 13.1. The van der Waals surface area contributed by atoms with Crippen LogP contribution in [0.15, 0.2) is 48.6 Å². The SMILES string of the molecule is CCCCC/C=C\C/C=C\C/C=C\C/C=C\CCCC(=O)O[C@H](CO)COP(=O)([O-])OC(C[N+](C)(C)C)C(=O)CCCCCCCCCCCCCCC. The second kappa shape index (κ2) is 35.5. The van der Waals surface area contributed by atoms with E-state index in [1.165, 1.54) is 83.5 Å². The minimum Gasteiger partial charge on any atom is -0.756 e. The van der Waals surface area contributed by atoms with Crippen LogP contribution >= 0.6 is 7.82 Å². The Morgan fingerprint density at radius 2 is 1.09 bits per heavy atom. The number of esters is 1. The van der Waals surface area contributed by atoms with Gasteiger partial charge in [-0.25, -0.2) is 0 Å². The van der Waals surface area contributed by atoms with Gasteiger partial charge in [0.25, 0.3) is 7.82 Å². The lowest BCUT2D eigenvalue weighted by atomic mass is 10.0. The molecule has 0 amide bonds. The minimum absolute atomic E-state index is 0.124. The molecular weight excluding hydrogens is 701 g/mol. The van der Waals surface area contributed by atoms with Gasteiger partial charge < -0.3 is 28.3 Å². The van der Waals surface area contributed by atoms with Crippen molar-refractivity contribution in [2.75, 3.05) is 40.9 Å². The van der Waals surface area contributed by atoms with Crippen LogP contribution < -0.4 is 4.89 Å². The standard InChI is InChI=1S/C44H80NO8P/c1-6-8-10-12-14-16-18-20-21-22-23-25-27-29-31-33-35-37-44(48)52-41(39-46)40-51-54(49,50)53-43(38-45(3,4)5)42(47)36-34-32-30-28-26-24-19-17-15-13-11-9-7-2/h14,16,20-21,23,25,29,31,41,43,46H,6-13,15,17-19,22,24,26-28,30,32-40H2,1-5H3/b16-14-,21-20-,25-23-,31-29-/t41-,43?/m1/s1. The fraction of sp³-hybridized carbons (Fsp3) is 0.773. The van der Waals surface area contributed by atoms with Crippen LogP contribution in [0, 0.1) is 0 Å². The maximum atomic E-state index is 13.1. The molecule has 314 valence electrons. The molecule has 0 aliphatic heterocycles. The first-order valence-electron chi connectivity index (χ1n) is 21.3. The number of hydrogen-bond donors (Lipinski definition) is 1. The van der Waals surface area contributed by atoms with Gasteiger partial charge in [0.2, 0.25) is 0 Å². The van der Waals surface area contributed by atoms with Gasteiger partial charge in [0.1, 0.15) is 12.6 Å². The third-order valence-corrected chi connectivity index (χ3v) is 9.96. The fourth-order valence-corrected chi connectivity index (χ4v) is 6.73. The van der Waals surface area contributed by atoms with Crippen molar-refractivity contribution in [3.8, 4) is 0 Å². The van der Waals surface area contributed by atoms with Gasteiger partial charge in [-0.05, 0) is 51.4 Å². The molecule has 0 fully saturated rings. The van der Waals surface area contributed by atoms with Crippen LogP contribution in [-0.4, -0.2) is 74.5 Å². The molecular formula is C44H80NO8P. The van der Waals surface area contributed by atoms with Crippen molar-refractivity contribution in [2.45, 2.75) is 180 Å². The second-order valence-corrected chi connectivity index (χ2v) is 16.9. The van der Waals surface area contributed by atoms with Crippen molar-refractivity contribution in [3.63, 3.8) is 0 Å². The summed E-state index contributed by atoms with van der Waals surface area (Å²) < 4.78 is 28.6. The number of likely N-dealkylation sites (N-methyl/N-ethyl adjacent to an activating group) is 1. The molecule has 2 unspecified atom stereocenters. The van der Waals surface area contributed by atoms with E-state index >= 15 is 0 Å². The van der Waals surface area contributed by atoms with Crippen molar-refractivity contribution in [3.05, 3.63) is 48.6 Å². The molecule has 0 spiro atoms. The fourth-order valence-electron chi connectivity index (χ4n) is 5.82. The van der Waals surface area contributed by atoms with E-state index in [4.69, 9.17) is 13.8 Å². The zero-order chi connectivity index (χ0) is 40.2. The highest BCUT2D eigenvalue weighted by molar-refractivity contribution is 7.45. The Balaban J connectivity index is 4.38. The van der Waals surface area contributed by atoms with Crippen LogP contribution in [0.1, 0.15) is 168 Å². The number of aliphatic hydroxyl groups excluding tert-OH is 1. The van der Waals surface area contributed by atoms with Crippen LogP contribution in [-0.2, 0) is 27.9 Å². The largest absolute Gasteiger partial charge is 0.756 e. The summed E-state index contributed by atoms with van der Waals surface area (Å²) in [5.41, 5.74) is 0. The molecule has 3 atom stereocenters. The molecule has 0 saturated heterocycles. The van der Waals surface area contributed by atoms with Gasteiger partial charge in [-0.3, -0.25) is 14.2 Å². The van der Waals surface area contributed by atoms with Crippen molar-refractivity contribution in [1.29, 1.82) is 0 Å². The van der Waals surface area contributed by atoms with Gasteiger partial charge >= 0.3 is 5.97 Å². The Kier molecular flexibility index (Phi) is 34.3. The van der Waals surface area contributed by atoms with Crippen LogP contribution in [0.25, 0.3) is 0 Å². The number of phosphoric ester groups is 1. The molecule has 9 nitrogen and oxygen atoms in total. The Morgan fingerprint density at radius 3 is 1.57 bits per heavy atom. The average Bonchev–Trinajstić information content (AvgIpc) is 3.12. The van der Waals surface area contributed by atoms with Crippen molar-refractivity contribution in [2.24, 2.45) is 0 Å².